The largest absolute Gasteiger partial charge is 0.309 e. The first-order valence-electron chi connectivity index (χ1n) is 19.1. The standard InChI is InChI=1S/C53H35N3/c1-4-13-36(14-5-1)39-19-12-20-44(30-39)55-52-26-24-41(34-48(52)49-35-54-28-27-53(49)55)40-23-25-51-47(33-40)46-21-10-11-22-50(46)56(51)45-31-42(37-15-6-2-7-16-37)29-43(32-45)38-17-8-3-9-18-38/h1-35H. The molecule has 11 rings (SSSR count). The highest BCUT2D eigenvalue weighted by molar-refractivity contribution is 6.12. The van der Waals surface area contributed by atoms with Gasteiger partial charge in [0.15, 0.2) is 0 Å². The molecule has 0 atom stereocenters. The molecule has 0 bridgehead atoms. The lowest BCUT2D eigenvalue weighted by Crippen LogP contribution is -1.96. The van der Waals surface area contributed by atoms with Gasteiger partial charge in [0, 0.05) is 45.3 Å². The highest BCUT2D eigenvalue weighted by atomic mass is 15.0. The van der Waals surface area contributed by atoms with E-state index in [9.17, 15) is 0 Å². The molecular formula is C53H35N3. The van der Waals surface area contributed by atoms with Gasteiger partial charge in [0.2, 0.25) is 0 Å². The summed E-state index contributed by atoms with van der Waals surface area (Å²) in [6.07, 6.45) is 3.89. The maximum Gasteiger partial charge on any atom is 0.0571 e. The average Bonchev–Trinajstić information content (AvgIpc) is 3.79. The molecule has 3 nitrogen and oxygen atoms in total. The summed E-state index contributed by atoms with van der Waals surface area (Å²) in [7, 11) is 0. The minimum atomic E-state index is 1.13. The van der Waals surface area contributed by atoms with Gasteiger partial charge in [-0.15, -0.1) is 0 Å². The van der Waals surface area contributed by atoms with Gasteiger partial charge >= 0.3 is 0 Å². The van der Waals surface area contributed by atoms with Crippen LogP contribution in [-0.2, 0) is 0 Å². The molecule has 11 aromatic rings. The summed E-state index contributed by atoms with van der Waals surface area (Å²) in [6.45, 7) is 0. The molecule has 0 amide bonds. The lowest BCUT2D eigenvalue weighted by Gasteiger charge is -2.14. The minimum Gasteiger partial charge on any atom is -0.309 e. The van der Waals surface area contributed by atoms with Crippen molar-refractivity contribution in [3.8, 4) is 55.9 Å². The number of aromatic nitrogens is 3. The zero-order valence-corrected chi connectivity index (χ0v) is 30.5. The maximum atomic E-state index is 4.58. The second-order valence-electron chi connectivity index (χ2n) is 14.5. The first kappa shape index (κ1) is 32.0. The third-order valence-electron chi connectivity index (χ3n) is 11.2. The summed E-state index contributed by atoms with van der Waals surface area (Å²) in [5.41, 5.74) is 16.5. The van der Waals surface area contributed by atoms with E-state index in [-0.39, 0.29) is 0 Å². The van der Waals surface area contributed by atoms with Gasteiger partial charge in [0.1, 0.15) is 0 Å². The van der Waals surface area contributed by atoms with Gasteiger partial charge in [-0.2, -0.15) is 0 Å². The van der Waals surface area contributed by atoms with Crippen LogP contribution in [0.2, 0.25) is 0 Å². The lowest BCUT2D eigenvalue weighted by molar-refractivity contribution is 1.17. The zero-order valence-electron chi connectivity index (χ0n) is 30.5. The Balaban J connectivity index is 1.07. The van der Waals surface area contributed by atoms with Crippen LogP contribution in [0.3, 0.4) is 0 Å². The lowest BCUT2D eigenvalue weighted by atomic mass is 9.98. The first-order valence-corrected chi connectivity index (χ1v) is 19.1. The molecule has 0 aliphatic rings. The van der Waals surface area contributed by atoms with E-state index in [0.717, 1.165) is 27.8 Å². The van der Waals surface area contributed by atoms with E-state index in [4.69, 9.17) is 0 Å². The van der Waals surface area contributed by atoms with Crippen LogP contribution in [-0.4, -0.2) is 14.1 Å². The summed E-state index contributed by atoms with van der Waals surface area (Å²) in [5.74, 6) is 0. The van der Waals surface area contributed by atoms with Gasteiger partial charge in [-0.1, -0.05) is 133 Å². The average molecular weight is 714 g/mol. The van der Waals surface area contributed by atoms with E-state index in [1.807, 2.05) is 12.4 Å². The number of hydrogen-bond donors (Lipinski definition) is 0. The van der Waals surface area contributed by atoms with Gasteiger partial charge in [0.25, 0.3) is 0 Å². The van der Waals surface area contributed by atoms with Crippen LogP contribution in [0, 0.1) is 0 Å². The SMILES string of the molecule is c1ccc(-c2cccc(-n3c4ccncc4c4cc(-c5ccc6c(c5)c5ccccc5n6-c5cc(-c6ccccc6)cc(-c6ccccc6)c5)ccc43)c2)cc1. The molecule has 0 saturated heterocycles. The molecule has 262 valence electrons. The number of para-hydroxylation sites is 1. The van der Waals surface area contributed by atoms with Gasteiger partial charge < -0.3 is 9.13 Å². The van der Waals surface area contributed by atoms with Crippen molar-refractivity contribution in [1.29, 1.82) is 0 Å². The second-order valence-corrected chi connectivity index (χ2v) is 14.5. The van der Waals surface area contributed by atoms with Crippen LogP contribution in [0.25, 0.3) is 99.5 Å². The Bertz CT molecular complexity index is 3170. The van der Waals surface area contributed by atoms with Crippen molar-refractivity contribution in [2.45, 2.75) is 0 Å². The molecule has 0 saturated carbocycles. The molecule has 0 N–H and O–H groups in total. The van der Waals surface area contributed by atoms with Gasteiger partial charge in [-0.25, -0.2) is 0 Å². The fourth-order valence-electron chi connectivity index (χ4n) is 8.54. The minimum absolute atomic E-state index is 1.13. The fourth-order valence-corrected chi connectivity index (χ4v) is 8.54. The number of fused-ring (bicyclic) bond motifs is 6. The zero-order chi connectivity index (χ0) is 37.0. The fraction of sp³-hybridized carbons (Fsp3) is 0. The molecule has 0 aliphatic heterocycles. The molecule has 0 radical (unpaired) electrons. The topological polar surface area (TPSA) is 22.8 Å². The van der Waals surface area contributed by atoms with Crippen LogP contribution in [0.15, 0.2) is 213 Å². The van der Waals surface area contributed by atoms with E-state index < -0.39 is 0 Å². The van der Waals surface area contributed by atoms with Crippen molar-refractivity contribution in [2.75, 3.05) is 0 Å². The summed E-state index contributed by atoms with van der Waals surface area (Å²) >= 11 is 0. The Morgan fingerprint density at radius 1 is 0.268 bits per heavy atom. The molecule has 3 heteroatoms. The quantitative estimate of drug-likeness (QED) is 0.168. The Labute approximate surface area is 325 Å². The monoisotopic (exact) mass is 713 g/mol. The van der Waals surface area contributed by atoms with Crippen LogP contribution in [0.4, 0.5) is 0 Å². The number of hydrogen-bond acceptors (Lipinski definition) is 1. The smallest absolute Gasteiger partial charge is 0.0571 e. The molecule has 3 aromatic heterocycles. The summed E-state index contributed by atoms with van der Waals surface area (Å²) in [6, 6.07) is 72.5. The predicted molar refractivity (Wildman–Crippen MR) is 235 cm³/mol. The van der Waals surface area contributed by atoms with Crippen LogP contribution < -0.4 is 0 Å². The van der Waals surface area contributed by atoms with Crippen molar-refractivity contribution in [3.63, 3.8) is 0 Å². The normalized spacial score (nSPS) is 11.6. The molecule has 8 aromatic carbocycles. The van der Waals surface area contributed by atoms with Gasteiger partial charge in [-0.3, -0.25) is 4.98 Å². The third-order valence-corrected chi connectivity index (χ3v) is 11.2. The molecule has 0 fully saturated rings. The van der Waals surface area contributed by atoms with Crippen molar-refractivity contribution in [1.82, 2.24) is 14.1 Å². The molecule has 56 heavy (non-hydrogen) atoms. The maximum absolute atomic E-state index is 4.58. The van der Waals surface area contributed by atoms with E-state index in [0.29, 0.717) is 0 Å². The van der Waals surface area contributed by atoms with Crippen molar-refractivity contribution >= 4 is 43.6 Å². The summed E-state index contributed by atoms with van der Waals surface area (Å²) in [5, 5.41) is 4.78. The Morgan fingerprint density at radius 3 is 1.38 bits per heavy atom. The molecule has 0 spiro atoms. The molecule has 3 heterocycles. The van der Waals surface area contributed by atoms with Gasteiger partial charge in [-0.05, 0) is 111 Å². The predicted octanol–water partition coefficient (Wildman–Crippen LogP) is 13.9. The molecule has 0 unspecified atom stereocenters. The van der Waals surface area contributed by atoms with E-state index in [1.165, 1.54) is 71.7 Å². The van der Waals surface area contributed by atoms with E-state index in [2.05, 4.69) is 214 Å². The number of nitrogens with zero attached hydrogens (tertiary/aromatic N) is 3. The second kappa shape index (κ2) is 13.1. The Morgan fingerprint density at radius 2 is 0.732 bits per heavy atom. The van der Waals surface area contributed by atoms with Crippen LogP contribution >= 0.6 is 0 Å². The summed E-state index contributed by atoms with van der Waals surface area (Å²) < 4.78 is 4.80. The number of benzene rings is 8. The molecular weight excluding hydrogens is 679 g/mol. The van der Waals surface area contributed by atoms with Crippen LogP contribution in [0.1, 0.15) is 0 Å². The summed E-state index contributed by atoms with van der Waals surface area (Å²) in [4.78, 5) is 4.58. The van der Waals surface area contributed by atoms with Crippen molar-refractivity contribution in [3.05, 3.63) is 213 Å². The van der Waals surface area contributed by atoms with Gasteiger partial charge in [0.05, 0.1) is 22.1 Å². The Hall–Kier alpha value is -7.49. The van der Waals surface area contributed by atoms with E-state index >= 15 is 0 Å². The number of pyridine rings is 1. The van der Waals surface area contributed by atoms with E-state index in [1.54, 1.807) is 0 Å². The van der Waals surface area contributed by atoms with Crippen molar-refractivity contribution < 1.29 is 0 Å². The third kappa shape index (κ3) is 5.32. The van der Waals surface area contributed by atoms with Crippen LogP contribution in [0.5, 0.6) is 0 Å². The number of rotatable bonds is 6. The highest BCUT2D eigenvalue weighted by Gasteiger charge is 2.18. The first-order chi connectivity index (χ1) is 27.8. The molecule has 0 aliphatic carbocycles. The Kier molecular flexibility index (Phi) is 7.49. The highest BCUT2D eigenvalue weighted by Crippen LogP contribution is 2.40. The van der Waals surface area contributed by atoms with Crippen molar-refractivity contribution in [2.24, 2.45) is 0 Å².